The van der Waals surface area contributed by atoms with Crippen LogP contribution in [0.25, 0.3) is 6.08 Å². The second-order valence-electron chi connectivity index (χ2n) is 2.84. The van der Waals surface area contributed by atoms with E-state index in [4.69, 9.17) is 5.11 Å². The molecule has 0 aliphatic rings. The first-order valence-corrected chi connectivity index (χ1v) is 5.93. The number of thiophene rings is 1. The first-order chi connectivity index (χ1) is 6.63. The van der Waals surface area contributed by atoms with Gasteiger partial charge in [-0.05, 0) is 34.5 Å². The lowest BCUT2D eigenvalue weighted by molar-refractivity contribution is -0.131. The number of hydrogen-bond acceptors (Lipinski definition) is 2. The maximum Gasteiger partial charge on any atom is 0.328 e. The highest BCUT2D eigenvalue weighted by Gasteiger charge is 2.03. The molecule has 0 spiro atoms. The summed E-state index contributed by atoms with van der Waals surface area (Å²) in [6.45, 7) is 2.12. The second-order valence-corrected chi connectivity index (χ2v) is 4.86. The van der Waals surface area contributed by atoms with Gasteiger partial charge in [-0.25, -0.2) is 4.79 Å². The fraction of sp³-hybridized carbons (Fsp3) is 0.300. The Kier molecular flexibility index (Phi) is 4.35. The Bertz CT molecular complexity index is 355. The summed E-state index contributed by atoms with van der Waals surface area (Å²) in [4.78, 5) is 12.5. The van der Waals surface area contributed by atoms with E-state index in [9.17, 15) is 4.79 Å². The third-order valence-corrected chi connectivity index (χ3v) is 3.77. The van der Waals surface area contributed by atoms with Gasteiger partial charge in [0.25, 0.3) is 0 Å². The van der Waals surface area contributed by atoms with Crippen LogP contribution in [0.5, 0.6) is 0 Å². The van der Waals surface area contributed by atoms with E-state index in [0.717, 1.165) is 28.3 Å². The van der Waals surface area contributed by atoms with Crippen molar-refractivity contribution in [2.75, 3.05) is 0 Å². The van der Waals surface area contributed by atoms with E-state index in [-0.39, 0.29) is 0 Å². The maximum atomic E-state index is 10.3. The molecule has 0 amide bonds. The molecular weight excluding hydrogens is 264 g/mol. The van der Waals surface area contributed by atoms with Gasteiger partial charge in [0.1, 0.15) is 0 Å². The molecule has 4 heteroatoms. The summed E-state index contributed by atoms with van der Waals surface area (Å²) in [5.74, 6) is -0.911. The summed E-state index contributed by atoms with van der Waals surface area (Å²) in [5, 5.41) is 8.46. The van der Waals surface area contributed by atoms with E-state index >= 15 is 0 Å². The number of rotatable bonds is 4. The lowest BCUT2D eigenvalue weighted by Gasteiger charge is -1.91. The van der Waals surface area contributed by atoms with Crippen LogP contribution < -0.4 is 0 Å². The molecule has 0 aromatic carbocycles. The summed E-state index contributed by atoms with van der Waals surface area (Å²) >= 11 is 5.08. The number of carboxylic acids is 1. The molecule has 1 N–H and O–H groups in total. The average Bonchev–Trinajstić information content (AvgIpc) is 2.45. The average molecular weight is 275 g/mol. The monoisotopic (exact) mass is 274 g/mol. The van der Waals surface area contributed by atoms with Crippen molar-refractivity contribution in [1.29, 1.82) is 0 Å². The number of halogens is 1. The summed E-state index contributed by atoms with van der Waals surface area (Å²) in [6.07, 6.45) is 4.91. The molecule has 0 fully saturated rings. The Hall–Kier alpha value is -0.610. The third kappa shape index (κ3) is 3.27. The highest BCUT2D eigenvalue weighted by Crippen LogP contribution is 2.29. The quantitative estimate of drug-likeness (QED) is 0.853. The van der Waals surface area contributed by atoms with Crippen LogP contribution in [-0.4, -0.2) is 11.1 Å². The maximum absolute atomic E-state index is 10.3. The normalized spacial score (nSPS) is 11.0. The molecule has 0 aliphatic heterocycles. The van der Waals surface area contributed by atoms with Gasteiger partial charge >= 0.3 is 5.97 Å². The van der Waals surface area contributed by atoms with Gasteiger partial charge in [-0.2, -0.15) is 0 Å². The first kappa shape index (κ1) is 11.5. The predicted molar refractivity (Wildman–Crippen MR) is 62.7 cm³/mol. The molecule has 1 heterocycles. The van der Waals surface area contributed by atoms with E-state index in [1.54, 1.807) is 17.4 Å². The Morgan fingerprint density at radius 2 is 2.43 bits per heavy atom. The standard InChI is InChI=1S/C10H11BrO2S/c1-2-3-9-8(11)6-7(14-9)4-5-10(12)13/h4-6H,2-3H2,1H3,(H,12,13). The highest BCUT2D eigenvalue weighted by molar-refractivity contribution is 9.10. The molecule has 14 heavy (non-hydrogen) atoms. The minimum Gasteiger partial charge on any atom is -0.478 e. The van der Waals surface area contributed by atoms with Crippen LogP contribution in [0.3, 0.4) is 0 Å². The summed E-state index contributed by atoms with van der Waals surface area (Å²) in [5.41, 5.74) is 0. The van der Waals surface area contributed by atoms with Crippen molar-refractivity contribution in [1.82, 2.24) is 0 Å². The molecule has 76 valence electrons. The summed E-state index contributed by atoms with van der Waals surface area (Å²) < 4.78 is 1.08. The van der Waals surface area contributed by atoms with Crippen LogP contribution in [0, 0.1) is 0 Å². The van der Waals surface area contributed by atoms with Crippen molar-refractivity contribution in [2.24, 2.45) is 0 Å². The predicted octanol–water partition coefficient (Wildman–Crippen LogP) is 3.56. The van der Waals surface area contributed by atoms with Crippen LogP contribution in [0.15, 0.2) is 16.6 Å². The van der Waals surface area contributed by atoms with E-state index < -0.39 is 5.97 Å². The molecule has 1 rings (SSSR count). The molecule has 1 aromatic heterocycles. The van der Waals surface area contributed by atoms with Gasteiger partial charge in [-0.15, -0.1) is 11.3 Å². The van der Waals surface area contributed by atoms with Crippen molar-refractivity contribution in [3.05, 3.63) is 26.4 Å². The van der Waals surface area contributed by atoms with Gasteiger partial charge in [0, 0.05) is 20.3 Å². The van der Waals surface area contributed by atoms with Crippen molar-refractivity contribution < 1.29 is 9.90 Å². The van der Waals surface area contributed by atoms with Crippen molar-refractivity contribution in [2.45, 2.75) is 19.8 Å². The fourth-order valence-corrected chi connectivity index (χ4v) is 2.96. The largest absolute Gasteiger partial charge is 0.478 e. The minimum atomic E-state index is -0.911. The second kappa shape index (κ2) is 5.32. The molecule has 0 bridgehead atoms. The number of carboxylic acid groups (broad SMARTS) is 1. The van der Waals surface area contributed by atoms with Crippen molar-refractivity contribution in [3.8, 4) is 0 Å². The van der Waals surface area contributed by atoms with Crippen molar-refractivity contribution >= 4 is 39.3 Å². The van der Waals surface area contributed by atoms with Crippen LogP contribution in [-0.2, 0) is 11.2 Å². The van der Waals surface area contributed by atoms with Crippen molar-refractivity contribution in [3.63, 3.8) is 0 Å². The molecule has 2 nitrogen and oxygen atoms in total. The number of aryl methyl sites for hydroxylation is 1. The number of carbonyl (C=O) groups is 1. The van der Waals surface area contributed by atoms with Gasteiger partial charge in [-0.3, -0.25) is 0 Å². The molecule has 0 saturated heterocycles. The Balaban J connectivity index is 2.80. The zero-order chi connectivity index (χ0) is 10.6. The smallest absolute Gasteiger partial charge is 0.328 e. The summed E-state index contributed by atoms with van der Waals surface area (Å²) in [7, 11) is 0. The van der Waals surface area contributed by atoms with Gasteiger partial charge < -0.3 is 5.11 Å². The van der Waals surface area contributed by atoms with E-state index in [1.165, 1.54) is 4.88 Å². The first-order valence-electron chi connectivity index (χ1n) is 4.32. The van der Waals surface area contributed by atoms with E-state index in [2.05, 4.69) is 22.9 Å². The lowest BCUT2D eigenvalue weighted by atomic mass is 10.3. The molecular formula is C10H11BrO2S. The Morgan fingerprint density at radius 1 is 1.71 bits per heavy atom. The van der Waals surface area contributed by atoms with Gasteiger partial charge in [0.15, 0.2) is 0 Å². The molecule has 0 radical (unpaired) electrons. The topological polar surface area (TPSA) is 37.3 Å². The molecule has 0 aliphatic carbocycles. The van der Waals surface area contributed by atoms with Gasteiger partial charge in [0.2, 0.25) is 0 Å². The summed E-state index contributed by atoms with van der Waals surface area (Å²) in [6, 6.07) is 1.95. The Labute approximate surface area is 95.4 Å². The fourth-order valence-electron chi connectivity index (χ4n) is 1.06. The number of aliphatic carboxylic acids is 1. The molecule has 0 saturated carbocycles. The minimum absolute atomic E-state index is 0.911. The van der Waals surface area contributed by atoms with Gasteiger partial charge in [-0.1, -0.05) is 13.3 Å². The van der Waals surface area contributed by atoms with E-state index in [0.29, 0.717) is 0 Å². The molecule has 0 atom stereocenters. The Morgan fingerprint density at radius 3 is 3.00 bits per heavy atom. The molecule has 0 unspecified atom stereocenters. The SMILES string of the molecule is CCCc1sc(C=CC(=O)O)cc1Br. The van der Waals surface area contributed by atoms with Gasteiger partial charge in [0.05, 0.1) is 0 Å². The lowest BCUT2D eigenvalue weighted by Crippen LogP contribution is -1.84. The van der Waals surface area contributed by atoms with Crippen LogP contribution in [0.4, 0.5) is 0 Å². The third-order valence-electron chi connectivity index (χ3n) is 1.64. The van der Waals surface area contributed by atoms with Crippen LogP contribution >= 0.6 is 27.3 Å². The molecule has 1 aromatic rings. The van der Waals surface area contributed by atoms with Crippen LogP contribution in [0.2, 0.25) is 0 Å². The zero-order valence-electron chi connectivity index (χ0n) is 7.79. The number of hydrogen-bond donors (Lipinski definition) is 1. The van der Waals surface area contributed by atoms with Crippen LogP contribution in [0.1, 0.15) is 23.1 Å². The van der Waals surface area contributed by atoms with E-state index in [1.807, 2.05) is 6.07 Å². The highest BCUT2D eigenvalue weighted by atomic mass is 79.9. The zero-order valence-corrected chi connectivity index (χ0v) is 10.2.